The van der Waals surface area contributed by atoms with Crippen molar-refractivity contribution in [3.8, 4) is 11.3 Å². The van der Waals surface area contributed by atoms with Crippen LogP contribution in [0.5, 0.6) is 0 Å². The predicted octanol–water partition coefficient (Wildman–Crippen LogP) is 2.83. The highest BCUT2D eigenvalue weighted by Gasteiger charge is 2.06. The second-order valence-corrected chi connectivity index (χ2v) is 2.76. The van der Waals surface area contributed by atoms with Crippen molar-refractivity contribution < 1.29 is 8.78 Å². The van der Waals surface area contributed by atoms with E-state index in [1.54, 1.807) is 24.4 Å². The van der Waals surface area contributed by atoms with Crippen molar-refractivity contribution >= 4 is 0 Å². The van der Waals surface area contributed by atoms with E-state index >= 15 is 0 Å². The molecule has 1 heterocycles. The molecule has 14 heavy (non-hydrogen) atoms. The Morgan fingerprint density at radius 3 is 2.71 bits per heavy atom. The fourth-order valence-corrected chi connectivity index (χ4v) is 1.15. The molecule has 69 valence electrons. The van der Waals surface area contributed by atoms with Crippen LogP contribution in [0.25, 0.3) is 11.3 Å². The lowest BCUT2D eigenvalue weighted by molar-refractivity contribution is 0.585. The summed E-state index contributed by atoms with van der Waals surface area (Å²) in [5.74, 6) is -1.29. The Kier molecular flexibility index (Phi) is 2.23. The van der Waals surface area contributed by atoms with Gasteiger partial charge in [-0.05, 0) is 24.3 Å². The van der Waals surface area contributed by atoms with Crippen molar-refractivity contribution in [1.82, 2.24) is 4.98 Å². The summed E-state index contributed by atoms with van der Waals surface area (Å²) in [4.78, 5) is 3.95. The van der Waals surface area contributed by atoms with E-state index < -0.39 is 11.6 Å². The first-order valence-electron chi connectivity index (χ1n) is 4.05. The number of hydrogen-bond donors (Lipinski definition) is 0. The molecule has 0 fully saturated rings. The van der Waals surface area contributed by atoms with Gasteiger partial charge in [-0.25, -0.2) is 8.78 Å². The van der Waals surface area contributed by atoms with Crippen LogP contribution in [0.15, 0.2) is 36.5 Å². The minimum absolute atomic E-state index is 0.187. The second-order valence-electron chi connectivity index (χ2n) is 2.76. The molecule has 0 saturated carbocycles. The summed E-state index contributed by atoms with van der Waals surface area (Å²) in [6.45, 7) is 0. The zero-order valence-corrected chi connectivity index (χ0v) is 7.17. The first-order chi connectivity index (χ1) is 6.77. The zero-order chi connectivity index (χ0) is 9.97. The van der Waals surface area contributed by atoms with Crippen LogP contribution in [0.1, 0.15) is 0 Å². The smallest absolute Gasteiger partial charge is 0.136 e. The van der Waals surface area contributed by atoms with E-state index in [1.807, 2.05) is 0 Å². The van der Waals surface area contributed by atoms with Gasteiger partial charge < -0.3 is 0 Å². The predicted molar refractivity (Wildman–Crippen MR) is 48.4 cm³/mol. The van der Waals surface area contributed by atoms with Gasteiger partial charge in [0.25, 0.3) is 0 Å². The van der Waals surface area contributed by atoms with Crippen molar-refractivity contribution in [2.75, 3.05) is 0 Å². The topological polar surface area (TPSA) is 12.9 Å². The van der Waals surface area contributed by atoms with Gasteiger partial charge in [0.1, 0.15) is 11.6 Å². The molecule has 0 aliphatic heterocycles. The molecular formula is C11H6F2N. The largest absolute Gasteiger partial charge is 0.256 e. The first-order valence-corrected chi connectivity index (χ1v) is 4.05. The van der Waals surface area contributed by atoms with Crippen LogP contribution in [-0.2, 0) is 0 Å². The fraction of sp³-hybridized carbons (Fsp3) is 0. The maximum Gasteiger partial charge on any atom is 0.136 e. The average Bonchev–Trinajstić information content (AvgIpc) is 2.19. The molecule has 1 aromatic heterocycles. The molecule has 0 atom stereocenters. The molecule has 0 amide bonds. The Morgan fingerprint density at radius 1 is 1.21 bits per heavy atom. The van der Waals surface area contributed by atoms with Crippen molar-refractivity contribution in [2.45, 2.75) is 0 Å². The summed E-state index contributed by atoms with van der Waals surface area (Å²) in [5, 5.41) is 0. The molecule has 2 aromatic rings. The van der Waals surface area contributed by atoms with Crippen LogP contribution in [0.2, 0.25) is 0 Å². The van der Waals surface area contributed by atoms with Gasteiger partial charge >= 0.3 is 0 Å². The second kappa shape index (κ2) is 3.54. The SMILES string of the molecule is Fc1c[c]c(-c2ccccn2)c(F)c1. The third-order valence-electron chi connectivity index (χ3n) is 1.78. The van der Waals surface area contributed by atoms with Crippen molar-refractivity contribution in [2.24, 2.45) is 0 Å². The van der Waals surface area contributed by atoms with E-state index in [-0.39, 0.29) is 5.56 Å². The van der Waals surface area contributed by atoms with Gasteiger partial charge in [0, 0.05) is 17.8 Å². The summed E-state index contributed by atoms with van der Waals surface area (Å²) in [6, 6.07) is 9.53. The lowest BCUT2D eigenvalue weighted by atomic mass is 10.1. The molecule has 0 unspecified atom stereocenters. The van der Waals surface area contributed by atoms with Crippen molar-refractivity contribution in [3.05, 3.63) is 54.2 Å². The summed E-state index contributed by atoms with van der Waals surface area (Å²) < 4.78 is 25.8. The standard InChI is InChI=1S/C11H6F2N/c12-8-4-5-9(10(13)7-8)11-3-1-2-6-14-11/h1-4,6-7H. The van der Waals surface area contributed by atoms with Crippen LogP contribution >= 0.6 is 0 Å². The molecule has 1 aromatic carbocycles. The lowest BCUT2D eigenvalue weighted by Crippen LogP contribution is -1.88. The summed E-state index contributed by atoms with van der Waals surface area (Å²) in [5.41, 5.74) is 0.636. The highest BCUT2D eigenvalue weighted by atomic mass is 19.1. The molecule has 0 spiro atoms. The zero-order valence-electron chi connectivity index (χ0n) is 7.17. The maximum atomic E-state index is 13.2. The Balaban J connectivity index is 2.53. The van der Waals surface area contributed by atoms with E-state index in [9.17, 15) is 8.78 Å². The lowest BCUT2D eigenvalue weighted by Gasteiger charge is -2.00. The van der Waals surface area contributed by atoms with E-state index in [0.717, 1.165) is 12.1 Å². The van der Waals surface area contributed by atoms with Crippen LogP contribution in [-0.4, -0.2) is 4.98 Å². The van der Waals surface area contributed by atoms with Gasteiger partial charge in [0.2, 0.25) is 0 Å². The third-order valence-corrected chi connectivity index (χ3v) is 1.78. The Morgan fingerprint density at radius 2 is 2.07 bits per heavy atom. The normalized spacial score (nSPS) is 10.1. The summed E-state index contributed by atoms with van der Waals surface area (Å²) in [6.07, 6.45) is 1.55. The summed E-state index contributed by atoms with van der Waals surface area (Å²) in [7, 11) is 0. The Hall–Kier alpha value is -1.77. The number of pyridine rings is 1. The van der Waals surface area contributed by atoms with Gasteiger partial charge in [0.05, 0.1) is 5.69 Å². The number of halogens is 2. The first kappa shape index (κ1) is 8.81. The highest BCUT2D eigenvalue weighted by molar-refractivity contribution is 5.58. The fourth-order valence-electron chi connectivity index (χ4n) is 1.15. The van der Waals surface area contributed by atoms with E-state index in [1.165, 1.54) is 0 Å². The van der Waals surface area contributed by atoms with E-state index in [0.29, 0.717) is 5.69 Å². The molecule has 3 heteroatoms. The van der Waals surface area contributed by atoms with Crippen LogP contribution in [0, 0.1) is 17.7 Å². The molecule has 0 bridgehead atoms. The molecule has 1 nitrogen and oxygen atoms in total. The van der Waals surface area contributed by atoms with Crippen molar-refractivity contribution in [3.63, 3.8) is 0 Å². The van der Waals surface area contributed by atoms with Gasteiger partial charge in [-0.15, -0.1) is 0 Å². The Labute approximate surface area is 80.0 Å². The quantitative estimate of drug-likeness (QED) is 0.673. The van der Waals surface area contributed by atoms with Gasteiger partial charge in [-0.3, -0.25) is 4.98 Å². The molecule has 0 N–H and O–H groups in total. The minimum Gasteiger partial charge on any atom is -0.256 e. The van der Waals surface area contributed by atoms with Gasteiger partial charge in [-0.2, -0.15) is 0 Å². The third kappa shape index (κ3) is 1.62. The number of aromatic nitrogens is 1. The van der Waals surface area contributed by atoms with Gasteiger partial charge in [0.15, 0.2) is 0 Å². The number of hydrogen-bond acceptors (Lipinski definition) is 1. The van der Waals surface area contributed by atoms with Crippen LogP contribution in [0.4, 0.5) is 8.78 Å². The Bertz CT molecular complexity index is 440. The molecule has 1 radical (unpaired) electrons. The highest BCUT2D eigenvalue weighted by Crippen LogP contribution is 2.19. The van der Waals surface area contributed by atoms with E-state index in [4.69, 9.17) is 0 Å². The maximum absolute atomic E-state index is 13.2. The monoisotopic (exact) mass is 190 g/mol. The number of rotatable bonds is 1. The molecule has 0 saturated heterocycles. The van der Waals surface area contributed by atoms with Crippen molar-refractivity contribution in [1.29, 1.82) is 0 Å². The van der Waals surface area contributed by atoms with E-state index in [2.05, 4.69) is 11.1 Å². The van der Waals surface area contributed by atoms with Gasteiger partial charge in [-0.1, -0.05) is 6.07 Å². The minimum atomic E-state index is -0.649. The molecular weight excluding hydrogens is 184 g/mol. The number of benzene rings is 1. The average molecular weight is 190 g/mol. The summed E-state index contributed by atoms with van der Waals surface area (Å²) >= 11 is 0. The molecule has 2 rings (SSSR count). The van der Waals surface area contributed by atoms with Crippen LogP contribution < -0.4 is 0 Å². The number of nitrogens with zero attached hydrogens (tertiary/aromatic N) is 1. The molecule has 0 aliphatic rings. The van der Waals surface area contributed by atoms with Crippen LogP contribution in [0.3, 0.4) is 0 Å². The molecule has 0 aliphatic carbocycles.